The molecule has 152 valence electrons. The molecule has 1 fully saturated rings. The summed E-state index contributed by atoms with van der Waals surface area (Å²) >= 11 is 0. The highest BCUT2D eigenvalue weighted by atomic mass is 32.2. The Balaban J connectivity index is 1.58. The number of hydrogen-bond donors (Lipinski definition) is 0. The van der Waals surface area contributed by atoms with Gasteiger partial charge in [-0.2, -0.15) is 5.26 Å². The van der Waals surface area contributed by atoms with E-state index < -0.39 is 15.3 Å². The molecule has 8 heteroatoms. The highest BCUT2D eigenvalue weighted by Gasteiger charge is 2.59. The number of hydrogen-bond acceptors (Lipinski definition) is 5. The monoisotopic (exact) mass is 420 g/mol. The molecule has 0 atom stereocenters. The first kappa shape index (κ1) is 18.8. The highest BCUT2D eigenvalue weighted by Crippen LogP contribution is 2.57. The fourth-order valence-corrected chi connectivity index (χ4v) is 4.98. The van der Waals surface area contributed by atoms with Crippen molar-refractivity contribution in [1.82, 2.24) is 9.55 Å². The first-order chi connectivity index (χ1) is 14.3. The fraction of sp³-hybridized carbons (Fsp3) is 0.318. The molecule has 2 aromatic heterocycles. The normalized spacial score (nSPS) is 16.8. The predicted octanol–water partition coefficient (Wildman–Crippen LogP) is 2.53. The van der Waals surface area contributed by atoms with Crippen molar-refractivity contribution in [2.45, 2.75) is 31.3 Å². The SMILES string of the molecule is CS(=O)(=O)CCn1c(CN2C(=O)C3(CC3)c3ccncc32)cc2cc(C#N)ccc21. The molecule has 1 saturated carbocycles. The number of fused-ring (bicyclic) bond motifs is 3. The van der Waals surface area contributed by atoms with Gasteiger partial charge in [0, 0.05) is 35.6 Å². The van der Waals surface area contributed by atoms with Crippen LogP contribution < -0.4 is 4.90 Å². The van der Waals surface area contributed by atoms with Crippen LogP contribution in [0.4, 0.5) is 5.69 Å². The second-order valence-corrected chi connectivity index (χ2v) is 10.4. The van der Waals surface area contributed by atoms with E-state index in [4.69, 9.17) is 0 Å². The molecule has 7 nitrogen and oxygen atoms in total. The van der Waals surface area contributed by atoms with Gasteiger partial charge in [0.2, 0.25) is 5.91 Å². The lowest BCUT2D eigenvalue weighted by molar-refractivity contribution is -0.120. The van der Waals surface area contributed by atoms with Crippen LogP contribution >= 0.6 is 0 Å². The molecule has 1 aliphatic carbocycles. The standard InChI is InChI=1S/C22H20N4O3S/c1-30(28,29)9-8-25-17(11-16-10-15(12-23)2-3-19(16)25)14-26-20-13-24-7-4-18(20)22(5-6-22)21(26)27/h2-4,7,10-11,13H,5-6,8-9,14H2,1H3. The zero-order valence-electron chi connectivity index (χ0n) is 16.5. The quantitative estimate of drug-likeness (QED) is 0.632. The Kier molecular flexibility index (Phi) is 4.02. The molecule has 0 bridgehead atoms. The Morgan fingerprint density at radius 2 is 2.03 bits per heavy atom. The second kappa shape index (κ2) is 6.41. The summed E-state index contributed by atoms with van der Waals surface area (Å²) < 4.78 is 25.5. The molecule has 3 heterocycles. The van der Waals surface area contributed by atoms with Crippen molar-refractivity contribution in [2.24, 2.45) is 0 Å². The number of sulfone groups is 1. The van der Waals surface area contributed by atoms with Crippen LogP contribution in [-0.2, 0) is 33.1 Å². The number of amides is 1. The van der Waals surface area contributed by atoms with Gasteiger partial charge in [0.05, 0.1) is 41.2 Å². The molecule has 3 aromatic rings. The zero-order chi connectivity index (χ0) is 21.1. The summed E-state index contributed by atoms with van der Waals surface area (Å²) in [5.74, 6) is 0.0860. The lowest BCUT2D eigenvalue weighted by Gasteiger charge is -2.19. The van der Waals surface area contributed by atoms with Crippen LogP contribution in [0.1, 0.15) is 29.7 Å². The van der Waals surface area contributed by atoms with Crippen molar-refractivity contribution in [1.29, 1.82) is 5.26 Å². The van der Waals surface area contributed by atoms with Crippen LogP contribution in [-0.4, -0.2) is 35.9 Å². The van der Waals surface area contributed by atoms with Gasteiger partial charge >= 0.3 is 0 Å². The Morgan fingerprint density at radius 3 is 2.73 bits per heavy atom. The van der Waals surface area contributed by atoms with Crippen molar-refractivity contribution in [3.63, 3.8) is 0 Å². The molecular formula is C22H20N4O3S. The van der Waals surface area contributed by atoms with E-state index in [1.807, 2.05) is 22.8 Å². The third kappa shape index (κ3) is 2.89. The Hall–Kier alpha value is -3.18. The third-order valence-corrected chi connectivity index (χ3v) is 7.06. The number of aryl methyl sites for hydroxylation is 1. The maximum Gasteiger partial charge on any atom is 0.238 e. The minimum absolute atomic E-state index is 0.000191. The molecule has 0 saturated heterocycles. The molecule has 0 N–H and O–H groups in total. The zero-order valence-corrected chi connectivity index (χ0v) is 17.3. The van der Waals surface area contributed by atoms with E-state index in [1.54, 1.807) is 29.4 Å². The maximum atomic E-state index is 13.2. The first-order valence-corrected chi connectivity index (χ1v) is 11.8. The molecule has 30 heavy (non-hydrogen) atoms. The smallest absolute Gasteiger partial charge is 0.238 e. The summed E-state index contributed by atoms with van der Waals surface area (Å²) in [5.41, 5.74) is 3.69. The van der Waals surface area contributed by atoms with Crippen LogP contribution in [0.2, 0.25) is 0 Å². The number of rotatable bonds is 5. The van der Waals surface area contributed by atoms with E-state index >= 15 is 0 Å². The predicted molar refractivity (Wildman–Crippen MR) is 113 cm³/mol. The van der Waals surface area contributed by atoms with E-state index in [-0.39, 0.29) is 18.2 Å². The lowest BCUT2D eigenvalue weighted by Crippen LogP contribution is -2.32. The van der Waals surface area contributed by atoms with Gasteiger partial charge in [-0.25, -0.2) is 8.42 Å². The average molecular weight is 420 g/mol. The van der Waals surface area contributed by atoms with Crippen LogP contribution in [0, 0.1) is 11.3 Å². The number of carbonyl (C=O) groups excluding carboxylic acids is 1. The van der Waals surface area contributed by atoms with Gasteiger partial charge in [-0.3, -0.25) is 9.78 Å². The fourth-order valence-electron chi connectivity index (χ4n) is 4.47. The van der Waals surface area contributed by atoms with Crippen LogP contribution in [0.3, 0.4) is 0 Å². The van der Waals surface area contributed by atoms with Gasteiger partial charge in [0.25, 0.3) is 0 Å². The molecule has 5 rings (SSSR count). The number of aromatic nitrogens is 2. The van der Waals surface area contributed by atoms with Crippen LogP contribution in [0.15, 0.2) is 42.7 Å². The van der Waals surface area contributed by atoms with E-state index in [2.05, 4.69) is 11.1 Å². The highest BCUT2D eigenvalue weighted by molar-refractivity contribution is 7.90. The van der Waals surface area contributed by atoms with E-state index in [0.29, 0.717) is 12.1 Å². The molecule has 0 radical (unpaired) electrons. The summed E-state index contributed by atoms with van der Waals surface area (Å²) in [6, 6.07) is 11.4. The number of anilines is 1. The molecule has 1 spiro atoms. The first-order valence-electron chi connectivity index (χ1n) is 9.79. The number of benzene rings is 1. The number of carbonyl (C=O) groups is 1. The number of nitriles is 1. The minimum Gasteiger partial charge on any atom is -0.342 e. The second-order valence-electron chi connectivity index (χ2n) is 8.17. The topological polar surface area (TPSA) is 96.1 Å². The van der Waals surface area contributed by atoms with Crippen LogP contribution in [0.5, 0.6) is 0 Å². The van der Waals surface area contributed by atoms with E-state index in [0.717, 1.165) is 40.7 Å². The molecule has 2 aliphatic rings. The van der Waals surface area contributed by atoms with E-state index in [9.17, 15) is 18.5 Å². The largest absolute Gasteiger partial charge is 0.342 e. The van der Waals surface area contributed by atoms with Crippen molar-refractivity contribution in [3.8, 4) is 6.07 Å². The molecule has 1 amide bonds. The Bertz CT molecular complexity index is 1350. The maximum absolute atomic E-state index is 13.2. The average Bonchev–Trinajstić information content (AvgIpc) is 3.41. The van der Waals surface area contributed by atoms with Gasteiger partial charge in [-0.15, -0.1) is 0 Å². The van der Waals surface area contributed by atoms with Gasteiger partial charge in [0.15, 0.2) is 0 Å². The molecule has 1 aliphatic heterocycles. The third-order valence-electron chi connectivity index (χ3n) is 6.13. The van der Waals surface area contributed by atoms with Crippen LogP contribution in [0.25, 0.3) is 10.9 Å². The van der Waals surface area contributed by atoms with Crippen molar-refractivity contribution < 1.29 is 13.2 Å². The molecule has 0 unspecified atom stereocenters. The van der Waals surface area contributed by atoms with E-state index in [1.165, 1.54) is 6.26 Å². The van der Waals surface area contributed by atoms with Gasteiger partial charge in [-0.1, -0.05) is 0 Å². The summed E-state index contributed by atoms with van der Waals surface area (Å²) in [5, 5.41) is 10.1. The molecular weight excluding hydrogens is 400 g/mol. The summed E-state index contributed by atoms with van der Waals surface area (Å²) in [7, 11) is -3.16. The van der Waals surface area contributed by atoms with Gasteiger partial charge < -0.3 is 9.47 Å². The summed E-state index contributed by atoms with van der Waals surface area (Å²) in [6.07, 6.45) is 6.37. The lowest BCUT2D eigenvalue weighted by atomic mass is 9.99. The summed E-state index contributed by atoms with van der Waals surface area (Å²) in [4.78, 5) is 19.2. The minimum atomic E-state index is -3.16. The molecule has 1 aromatic carbocycles. The van der Waals surface area contributed by atoms with Crippen molar-refractivity contribution >= 4 is 32.3 Å². The Morgan fingerprint density at radius 1 is 1.23 bits per heavy atom. The van der Waals surface area contributed by atoms with Gasteiger partial charge in [0.1, 0.15) is 9.84 Å². The Labute approximate surface area is 174 Å². The van der Waals surface area contributed by atoms with Crippen molar-refractivity contribution in [2.75, 3.05) is 16.9 Å². The number of nitrogens with zero attached hydrogens (tertiary/aromatic N) is 4. The number of pyridine rings is 1. The van der Waals surface area contributed by atoms with Crippen molar-refractivity contribution in [3.05, 3.63) is 59.5 Å². The summed E-state index contributed by atoms with van der Waals surface area (Å²) in [6.45, 7) is 0.621. The van der Waals surface area contributed by atoms with Gasteiger partial charge in [-0.05, 0) is 48.7 Å².